The van der Waals surface area contributed by atoms with Crippen LogP contribution in [-0.2, 0) is 27.8 Å². The fourth-order valence-corrected chi connectivity index (χ4v) is 1.18. The second-order valence-electron chi connectivity index (χ2n) is 3.76. The second-order valence-corrected chi connectivity index (χ2v) is 5.24. The summed E-state index contributed by atoms with van der Waals surface area (Å²) in [7, 11) is 0. The van der Waals surface area contributed by atoms with Crippen LogP contribution in [0.1, 0.15) is 33.6 Å². The summed E-state index contributed by atoms with van der Waals surface area (Å²) in [6, 6.07) is 0. The molecule has 0 aliphatic heterocycles. The molecule has 0 aliphatic rings. The standard InChI is InChI=1S/C10H15O2.HI.Zn/c1-5-6-7-8-9(11)12-10(2,3)4;;/h1,5-6H2,2-4H3;1H;/q;;+1/p-1. The molecule has 0 bridgehead atoms. The maximum absolute atomic E-state index is 11.0. The van der Waals surface area contributed by atoms with Gasteiger partial charge in [-0.1, -0.05) is 0 Å². The largest absolute Gasteiger partial charge is 1.00 e. The summed E-state index contributed by atoms with van der Waals surface area (Å²) in [6.45, 7) is 5.51. The molecule has 0 atom stereocenters. The van der Waals surface area contributed by atoms with E-state index in [1.54, 1.807) is 0 Å². The molecule has 0 amide bonds. The molecule has 0 aromatic carbocycles. The van der Waals surface area contributed by atoms with Gasteiger partial charge < -0.3 is 24.0 Å². The molecule has 0 unspecified atom stereocenters. The second kappa shape index (κ2) is 8.67. The third-order valence-electron chi connectivity index (χ3n) is 1.14. The fourth-order valence-electron chi connectivity index (χ4n) is 0.652. The Balaban J connectivity index is 0. The molecule has 0 saturated carbocycles. The minimum Gasteiger partial charge on any atom is -1.00 e. The van der Waals surface area contributed by atoms with Crippen LogP contribution in [0.3, 0.4) is 0 Å². The zero-order valence-electron chi connectivity index (χ0n) is 9.02. The van der Waals surface area contributed by atoms with Crippen LogP contribution in [-0.4, -0.2) is 11.6 Å². The molecule has 0 spiro atoms. The minimum atomic E-state index is -0.428. The van der Waals surface area contributed by atoms with E-state index in [9.17, 15) is 4.79 Å². The predicted molar refractivity (Wildman–Crippen MR) is 47.7 cm³/mol. The van der Waals surface area contributed by atoms with Crippen molar-refractivity contribution < 1.29 is 51.8 Å². The smallest absolute Gasteiger partial charge is 1.00 e. The first-order valence-corrected chi connectivity index (χ1v) is 6.56. The van der Waals surface area contributed by atoms with Crippen molar-refractivity contribution in [2.75, 3.05) is 0 Å². The van der Waals surface area contributed by atoms with Crippen molar-refractivity contribution in [3.05, 3.63) is 0 Å². The van der Waals surface area contributed by atoms with E-state index in [4.69, 9.17) is 4.74 Å². The third-order valence-corrected chi connectivity index (χ3v) is 2.19. The Morgan fingerprint density at radius 3 is 2.43 bits per heavy atom. The molecular weight excluding hydrogens is 344 g/mol. The van der Waals surface area contributed by atoms with Crippen molar-refractivity contribution in [2.45, 2.75) is 44.2 Å². The predicted octanol–water partition coefficient (Wildman–Crippen LogP) is -0.919. The summed E-state index contributed by atoms with van der Waals surface area (Å²) in [6.07, 6.45) is 1.90. The van der Waals surface area contributed by atoms with Crippen LogP contribution >= 0.6 is 0 Å². The van der Waals surface area contributed by atoms with Gasteiger partial charge in [-0.3, -0.25) is 0 Å². The van der Waals surface area contributed by atoms with Gasteiger partial charge in [0, 0.05) is 0 Å². The van der Waals surface area contributed by atoms with Crippen LogP contribution in [0.2, 0.25) is 5.02 Å². The molecule has 2 nitrogen and oxygen atoms in total. The summed E-state index contributed by atoms with van der Waals surface area (Å²) >= 11 is 1.30. The van der Waals surface area contributed by atoms with Crippen molar-refractivity contribution in [2.24, 2.45) is 0 Å². The maximum Gasteiger partial charge on any atom is -1.00 e. The van der Waals surface area contributed by atoms with Crippen LogP contribution in [0.5, 0.6) is 0 Å². The molecule has 0 aromatic rings. The third kappa shape index (κ3) is 12.4. The molecule has 0 fully saturated rings. The zero-order chi connectivity index (χ0) is 10.3. The number of ether oxygens (including phenoxy) is 1. The van der Waals surface area contributed by atoms with Gasteiger partial charge in [0.1, 0.15) is 0 Å². The summed E-state index contributed by atoms with van der Waals surface area (Å²) in [5, 5.41) is 1.23. The Morgan fingerprint density at radius 2 is 2.00 bits per heavy atom. The average molecular weight is 360 g/mol. The van der Waals surface area contributed by atoms with Gasteiger partial charge in [0.2, 0.25) is 0 Å². The van der Waals surface area contributed by atoms with Crippen LogP contribution in [0.4, 0.5) is 0 Å². The first-order chi connectivity index (χ1) is 5.95. The topological polar surface area (TPSA) is 26.3 Å². The molecule has 4 heteroatoms. The van der Waals surface area contributed by atoms with E-state index in [2.05, 4.69) is 11.8 Å². The number of esters is 1. The molecule has 0 rings (SSSR count). The minimum absolute atomic E-state index is 0. The van der Waals surface area contributed by atoms with Crippen LogP contribution in [0.15, 0.2) is 0 Å². The van der Waals surface area contributed by atoms with E-state index >= 15 is 0 Å². The number of carbonyl (C=O) groups is 1. The van der Waals surface area contributed by atoms with Gasteiger partial charge in [-0.25, -0.2) is 0 Å². The van der Waals surface area contributed by atoms with E-state index in [1.165, 1.54) is 23.3 Å². The molecule has 0 radical (unpaired) electrons. The SMILES string of the molecule is CC(C)(C)OC(=O)C#CCC[CH2][Zn+].[I-]. The number of rotatable bonds is 2. The first kappa shape index (κ1) is 16.8. The van der Waals surface area contributed by atoms with Gasteiger partial charge in [0.25, 0.3) is 0 Å². The Morgan fingerprint density at radius 1 is 1.43 bits per heavy atom. The van der Waals surface area contributed by atoms with Gasteiger partial charge in [0.05, 0.1) is 0 Å². The van der Waals surface area contributed by atoms with Crippen molar-refractivity contribution in [3.63, 3.8) is 0 Å². The van der Waals surface area contributed by atoms with Crippen molar-refractivity contribution >= 4 is 5.97 Å². The quantitative estimate of drug-likeness (QED) is 0.159. The first-order valence-electron chi connectivity index (χ1n) is 4.47. The molecule has 0 N–H and O–H groups in total. The Bertz CT molecular complexity index is 223. The molecule has 0 heterocycles. The Hall–Kier alpha value is 0.383. The molecule has 0 saturated heterocycles. The van der Waals surface area contributed by atoms with E-state index < -0.39 is 11.6 Å². The Kier molecular flexibility index (Phi) is 10.4. The van der Waals surface area contributed by atoms with Gasteiger partial charge in [-0.2, -0.15) is 0 Å². The summed E-state index contributed by atoms with van der Waals surface area (Å²) < 4.78 is 5.01. The monoisotopic (exact) mass is 358 g/mol. The van der Waals surface area contributed by atoms with Crippen molar-refractivity contribution in [3.8, 4) is 11.8 Å². The normalized spacial score (nSPS) is 9.50. The summed E-state index contributed by atoms with van der Waals surface area (Å²) in [5.74, 6) is 4.86. The number of hydrogen-bond donors (Lipinski definition) is 0. The molecule has 0 aliphatic carbocycles. The average Bonchev–Trinajstić information content (AvgIpc) is 1.94. The van der Waals surface area contributed by atoms with Gasteiger partial charge in [-0.15, -0.1) is 0 Å². The number of halogens is 1. The summed E-state index contributed by atoms with van der Waals surface area (Å²) in [4.78, 5) is 11.0. The van der Waals surface area contributed by atoms with Crippen LogP contribution < -0.4 is 24.0 Å². The van der Waals surface area contributed by atoms with Gasteiger partial charge in [-0.05, 0) is 0 Å². The van der Waals surface area contributed by atoms with Crippen molar-refractivity contribution in [1.29, 1.82) is 0 Å². The van der Waals surface area contributed by atoms with Crippen LogP contribution in [0, 0.1) is 11.8 Å². The van der Waals surface area contributed by atoms with Crippen molar-refractivity contribution in [1.82, 2.24) is 0 Å². The van der Waals surface area contributed by atoms with Gasteiger partial charge in [0.15, 0.2) is 0 Å². The molecule has 14 heavy (non-hydrogen) atoms. The van der Waals surface area contributed by atoms with Crippen LogP contribution in [0.25, 0.3) is 0 Å². The molecule has 76 valence electrons. The fraction of sp³-hybridized carbons (Fsp3) is 0.700. The number of carbonyl (C=O) groups excluding carboxylic acids is 1. The van der Waals surface area contributed by atoms with E-state index in [-0.39, 0.29) is 24.0 Å². The summed E-state index contributed by atoms with van der Waals surface area (Å²) in [5.41, 5.74) is -0.428. The number of unbranched alkanes of at least 4 members (excludes halogenated alkanes) is 1. The zero-order valence-corrected chi connectivity index (χ0v) is 14.1. The molecule has 0 aromatic heterocycles. The Labute approximate surface area is 113 Å². The van der Waals surface area contributed by atoms with E-state index in [1.807, 2.05) is 20.8 Å². The van der Waals surface area contributed by atoms with E-state index in [0.29, 0.717) is 0 Å². The number of hydrogen-bond acceptors (Lipinski definition) is 2. The van der Waals surface area contributed by atoms with Gasteiger partial charge >= 0.3 is 89.9 Å². The maximum atomic E-state index is 11.0. The van der Waals surface area contributed by atoms with E-state index in [0.717, 1.165) is 12.8 Å². The molecular formula is C10H15IO2Zn.